The molecule has 9 heteroatoms. The van der Waals surface area contributed by atoms with Crippen molar-refractivity contribution in [3.63, 3.8) is 0 Å². The maximum Gasteiger partial charge on any atom is 0.261 e. The molecule has 3 aromatic rings. The van der Waals surface area contributed by atoms with Gasteiger partial charge in [-0.3, -0.25) is 4.79 Å². The molecule has 0 N–H and O–H groups in total. The average molecular weight is 432 g/mol. The Bertz CT molecular complexity index is 1130. The van der Waals surface area contributed by atoms with Crippen LogP contribution in [0.15, 0.2) is 58.9 Å². The Morgan fingerprint density at radius 2 is 1.90 bits per heavy atom. The van der Waals surface area contributed by atoms with E-state index in [0.717, 1.165) is 11.1 Å². The van der Waals surface area contributed by atoms with Crippen molar-refractivity contribution in [1.82, 2.24) is 9.88 Å². The van der Waals surface area contributed by atoms with Gasteiger partial charge >= 0.3 is 0 Å². The van der Waals surface area contributed by atoms with Crippen molar-refractivity contribution in [1.29, 1.82) is 0 Å². The summed E-state index contributed by atoms with van der Waals surface area (Å²) in [6, 6.07) is 10.4. The number of nitrogens with zero attached hydrogens (tertiary/aromatic N) is 2. The molecule has 150 valence electrons. The summed E-state index contributed by atoms with van der Waals surface area (Å²) >= 11 is 1.30. The standard InChI is InChI=1S/C20H17FN2O4S2/c21-16-2-4-17(5-3-16)27-12-20(24)23-10-14-1-6-18(9-15(14)11-23)29(25,26)13-19-22-7-8-28-19/h1-9H,10-13H2. The first-order valence-corrected chi connectivity index (χ1v) is 11.3. The highest BCUT2D eigenvalue weighted by Crippen LogP contribution is 2.27. The number of rotatable bonds is 6. The van der Waals surface area contributed by atoms with E-state index in [1.165, 1.54) is 35.6 Å². The van der Waals surface area contributed by atoms with Gasteiger partial charge in [0, 0.05) is 24.7 Å². The quantitative estimate of drug-likeness (QED) is 0.598. The van der Waals surface area contributed by atoms with Crippen molar-refractivity contribution in [2.24, 2.45) is 0 Å². The molecule has 0 aliphatic carbocycles. The summed E-state index contributed by atoms with van der Waals surface area (Å²) in [4.78, 5) is 18.3. The summed E-state index contributed by atoms with van der Waals surface area (Å²) in [6.07, 6.45) is 1.58. The fraction of sp³-hybridized carbons (Fsp3) is 0.200. The minimum Gasteiger partial charge on any atom is -0.484 e. The number of fused-ring (bicyclic) bond motifs is 1. The van der Waals surface area contributed by atoms with Crippen LogP contribution in [0, 0.1) is 5.82 Å². The summed E-state index contributed by atoms with van der Waals surface area (Å²) in [6.45, 7) is 0.546. The minimum absolute atomic E-state index is 0.141. The molecule has 0 unspecified atom stereocenters. The van der Waals surface area contributed by atoms with Crippen molar-refractivity contribution in [3.8, 4) is 5.75 Å². The van der Waals surface area contributed by atoms with Gasteiger partial charge < -0.3 is 9.64 Å². The number of carbonyl (C=O) groups excluding carboxylic acids is 1. The van der Waals surface area contributed by atoms with Gasteiger partial charge in [0.1, 0.15) is 22.3 Å². The zero-order valence-corrected chi connectivity index (χ0v) is 16.9. The Balaban J connectivity index is 1.41. The Morgan fingerprint density at radius 3 is 2.62 bits per heavy atom. The Labute approximate surface area is 171 Å². The molecule has 1 aliphatic heterocycles. The van der Waals surface area contributed by atoms with Gasteiger partial charge in [-0.15, -0.1) is 11.3 Å². The largest absolute Gasteiger partial charge is 0.484 e. The Kier molecular flexibility index (Phi) is 5.33. The van der Waals surface area contributed by atoms with E-state index in [2.05, 4.69) is 4.98 Å². The number of carbonyl (C=O) groups is 1. The second-order valence-electron chi connectivity index (χ2n) is 6.61. The first-order chi connectivity index (χ1) is 13.9. The number of thiazole rings is 1. The van der Waals surface area contributed by atoms with Crippen molar-refractivity contribution >= 4 is 27.1 Å². The normalized spacial score (nSPS) is 13.3. The number of ether oxygens (including phenoxy) is 1. The van der Waals surface area contributed by atoms with Crippen molar-refractivity contribution in [2.75, 3.05) is 6.61 Å². The first-order valence-electron chi connectivity index (χ1n) is 8.80. The van der Waals surface area contributed by atoms with Crippen LogP contribution in [0.1, 0.15) is 16.1 Å². The van der Waals surface area contributed by atoms with Crippen molar-refractivity contribution < 1.29 is 22.3 Å². The third-order valence-electron chi connectivity index (χ3n) is 4.58. The predicted octanol–water partition coefficient (Wildman–Crippen LogP) is 3.18. The topological polar surface area (TPSA) is 76.6 Å². The first kappa shape index (κ1) is 19.5. The molecule has 0 saturated carbocycles. The van der Waals surface area contributed by atoms with Crippen LogP contribution >= 0.6 is 11.3 Å². The van der Waals surface area contributed by atoms with Crippen LogP contribution in [0.3, 0.4) is 0 Å². The van der Waals surface area contributed by atoms with Gasteiger partial charge in [0.05, 0.1) is 4.90 Å². The Morgan fingerprint density at radius 1 is 1.14 bits per heavy atom. The number of hydrogen-bond acceptors (Lipinski definition) is 6. The summed E-state index contributed by atoms with van der Waals surface area (Å²) in [5.74, 6) is -0.332. The summed E-state index contributed by atoms with van der Waals surface area (Å²) in [5, 5.41) is 2.28. The zero-order chi connectivity index (χ0) is 20.4. The van der Waals surface area contributed by atoms with Crippen LogP contribution in [0.4, 0.5) is 4.39 Å². The molecule has 29 heavy (non-hydrogen) atoms. The van der Waals surface area contributed by atoms with Crippen LogP contribution in [0.25, 0.3) is 0 Å². The van der Waals surface area contributed by atoms with E-state index < -0.39 is 9.84 Å². The maximum atomic E-state index is 12.9. The lowest BCUT2D eigenvalue weighted by atomic mass is 10.1. The number of amides is 1. The monoisotopic (exact) mass is 432 g/mol. The molecular formula is C20H17FN2O4S2. The minimum atomic E-state index is -3.50. The highest BCUT2D eigenvalue weighted by molar-refractivity contribution is 7.90. The van der Waals surface area contributed by atoms with Crippen molar-refractivity contribution in [3.05, 3.63) is 76.0 Å². The van der Waals surface area contributed by atoms with E-state index in [9.17, 15) is 17.6 Å². The molecule has 0 saturated heterocycles. The third kappa shape index (κ3) is 4.46. The summed E-state index contributed by atoms with van der Waals surface area (Å²) in [7, 11) is -3.50. The van der Waals surface area contributed by atoms with Gasteiger partial charge in [-0.25, -0.2) is 17.8 Å². The third-order valence-corrected chi connectivity index (χ3v) is 7.17. The van der Waals surface area contributed by atoms with Crippen LogP contribution < -0.4 is 4.74 Å². The number of sulfone groups is 1. The molecule has 1 amide bonds. The van der Waals surface area contributed by atoms with Gasteiger partial charge in [-0.2, -0.15) is 0 Å². The van der Waals surface area contributed by atoms with Gasteiger partial charge in [0.2, 0.25) is 0 Å². The van der Waals surface area contributed by atoms with Gasteiger partial charge in [-0.05, 0) is 47.5 Å². The lowest BCUT2D eigenvalue weighted by molar-refractivity contribution is -0.134. The van der Waals surface area contributed by atoms with E-state index >= 15 is 0 Å². The number of hydrogen-bond donors (Lipinski definition) is 0. The lowest BCUT2D eigenvalue weighted by Gasteiger charge is -2.15. The average Bonchev–Trinajstić information content (AvgIpc) is 3.35. The molecule has 1 aliphatic rings. The molecule has 4 rings (SSSR count). The van der Waals surface area contributed by atoms with Crippen LogP contribution in [-0.2, 0) is 33.5 Å². The smallest absolute Gasteiger partial charge is 0.261 e. The van der Waals surface area contributed by atoms with Crippen LogP contribution in [0.5, 0.6) is 5.75 Å². The molecule has 1 aromatic heterocycles. The fourth-order valence-corrected chi connectivity index (χ4v) is 5.38. The van der Waals surface area contributed by atoms with E-state index in [-0.39, 0.29) is 29.0 Å². The fourth-order valence-electron chi connectivity index (χ4n) is 3.08. The molecule has 6 nitrogen and oxygen atoms in total. The highest BCUT2D eigenvalue weighted by atomic mass is 32.2. The van der Waals surface area contributed by atoms with Gasteiger partial charge in [0.25, 0.3) is 5.91 Å². The molecular weight excluding hydrogens is 415 g/mol. The molecule has 0 spiro atoms. The van der Waals surface area contributed by atoms with Crippen LogP contribution in [-0.4, -0.2) is 30.8 Å². The number of benzene rings is 2. The Hall–Kier alpha value is -2.78. The SMILES string of the molecule is O=C(COc1ccc(F)cc1)N1Cc2ccc(S(=O)(=O)Cc3nccs3)cc2C1. The molecule has 0 atom stereocenters. The lowest BCUT2D eigenvalue weighted by Crippen LogP contribution is -2.30. The molecule has 0 bridgehead atoms. The van der Waals surface area contributed by atoms with Crippen LogP contribution in [0.2, 0.25) is 0 Å². The number of halogens is 1. The van der Waals surface area contributed by atoms with E-state index in [0.29, 0.717) is 23.8 Å². The van der Waals surface area contributed by atoms with E-state index in [4.69, 9.17) is 4.74 Å². The highest BCUT2D eigenvalue weighted by Gasteiger charge is 2.26. The second-order valence-corrected chi connectivity index (χ2v) is 9.58. The molecule has 0 fully saturated rings. The second kappa shape index (κ2) is 7.92. The maximum absolute atomic E-state index is 12.9. The molecule has 0 radical (unpaired) electrons. The van der Waals surface area contributed by atoms with E-state index in [1.54, 1.807) is 34.7 Å². The zero-order valence-electron chi connectivity index (χ0n) is 15.2. The summed E-state index contributed by atoms with van der Waals surface area (Å²) < 4.78 is 43.6. The van der Waals surface area contributed by atoms with Gasteiger partial charge in [0.15, 0.2) is 16.4 Å². The number of aromatic nitrogens is 1. The predicted molar refractivity (Wildman–Crippen MR) is 106 cm³/mol. The summed E-state index contributed by atoms with van der Waals surface area (Å²) in [5.41, 5.74) is 1.72. The van der Waals surface area contributed by atoms with E-state index in [1.807, 2.05) is 0 Å². The van der Waals surface area contributed by atoms with Gasteiger partial charge in [-0.1, -0.05) is 6.07 Å². The molecule has 2 heterocycles. The molecule has 2 aromatic carbocycles. The van der Waals surface area contributed by atoms with Crippen molar-refractivity contribution in [2.45, 2.75) is 23.7 Å².